The summed E-state index contributed by atoms with van der Waals surface area (Å²) in [5.41, 5.74) is 0. The number of halogens is 1. The lowest BCUT2D eigenvalue weighted by Gasteiger charge is -2.23. The Hall–Kier alpha value is -0.570. The summed E-state index contributed by atoms with van der Waals surface area (Å²) in [6.07, 6.45) is 8.42. The van der Waals surface area contributed by atoms with Crippen molar-refractivity contribution in [2.24, 2.45) is 5.92 Å². The Bertz CT molecular complexity index is 311. The Kier molecular flexibility index (Phi) is 3.62. The predicted octanol–water partition coefficient (Wildman–Crippen LogP) is 3.16. The van der Waals surface area contributed by atoms with Gasteiger partial charge >= 0.3 is 0 Å². The van der Waals surface area contributed by atoms with Crippen molar-refractivity contribution in [2.75, 3.05) is 0 Å². The summed E-state index contributed by atoms with van der Waals surface area (Å²) in [7, 11) is 0. The van der Waals surface area contributed by atoms with E-state index >= 15 is 0 Å². The number of nitrogens with zero attached hydrogens (tertiary/aromatic N) is 3. The van der Waals surface area contributed by atoms with Crippen LogP contribution < -0.4 is 0 Å². The molecule has 0 aromatic carbocycles. The monoisotopic (exact) mass is 227 g/mol. The second-order valence-corrected chi connectivity index (χ2v) is 4.74. The molecule has 1 aliphatic rings. The van der Waals surface area contributed by atoms with Crippen molar-refractivity contribution in [1.29, 1.82) is 0 Å². The van der Waals surface area contributed by atoms with Gasteiger partial charge in [0, 0.05) is 6.04 Å². The van der Waals surface area contributed by atoms with Gasteiger partial charge in [0.2, 0.25) is 0 Å². The van der Waals surface area contributed by atoms with Crippen LogP contribution in [0.5, 0.6) is 0 Å². The molecule has 0 bridgehead atoms. The highest BCUT2D eigenvalue weighted by molar-refractivity contribution is 6.16. The van der Waals surface area contributed by atoms with Gasteiger partial charge in [-0.25, -0.2) is 0 Å². The van der Waals surface area contributed by atoms with Crippen LogP contribution in [0.3, 0.4) is 0 Å². The summed E-state index contributed by atoms with van der Waals surface area (Å²) in [5, 5.41) is 8.02. The van der Waals surface area contributed by atoms with Crippen molar-refractivity contribution in [2.45, 2.75) is 50.9 Å². The molecule has 1 aliphatic carbocycles. The summed E-state index contributed by atoms with van der Waals surface area (Å²) in [4.78, 5) is 0. The van der Waals surface area contributed by atoms with Crippen LogP contribution in [0.15, 0.2) is 6.33 Å². The molecule has 0 amide bonds. The van der Waals surface area contributed by atoms with Crippen LogP contribution in [-0.4, -0.2) is 14.8 Å². The van der Waals surface area contributed by atoms with Crippen molar-refractivity contribution in [3.8, 4) is 0 Å². The van der Waals surface area contributed by atoms with E-state index in [4.69, 9.17) is 11.6 Å². The van der Waals surface area contributed by atoms with Crippen LogP contribution in [0.1, 0.15) is 50.9 Å². The van der Waals surface area contributed by atoms with Gasteiger partial charge in [-0.3, -0.25) is 0 Å². The molecule has 2 rings (SSSR count). The summed E-state index contributed by atoms with van der Waals surface area (Å²) < 4.78 is 2.18. The Morgan fingerprint density at radius 3 is 3.00 bits per heavy atom. The van der Waals surface area contributed by atoms with Crippen molar-refractivity contribution in [1.82, 2.24) is 14.8 Å². The highest BCUT2D eigenvalue weighted by atomic mass is 35.5. The Balaban J connectivity index is 2.19. The average molecular weight is 228 g/mol. The molecule has 1 heterocycles. The molecule has 0 radical (unpaired) electrons. The van der Waals surface area contributed by atoms with Crippen LogP contribution in [0.2, 0.25) is 0 Å². The van der Waals surface area contributed by atoms with Gasteiger partial charge < -0.3 is 4.57 Å². The maximum absolute atomic E-state index is 5.86. The highest BCUT2D eigenvalue weighted by Crippen LogP contribution is 2.32. The lowest BCUT2D eigenvalue weighted by atomic mass is 9.97. The molecule has 1 aromatic heterocycles. The van der Waals surface area contributed by atoms with E-state index in [1.54, 1.807) is 0 Å². The molecule has 0 spiro atoms. The number of rotatable bonds is 2. The fourth-order valence-corrected chi connectivity index (χ4v) is 2.72. The van der Waals surface area contributed by atoms with Gasteiger partial charge in [0.15, 0.2) is 0 Å². The van der Waals surface area contributed by atoms with E-state index in [-0.39, 0.29) is 0 Å². The lowest BCUT2D eigenvalue weighted by Crippen LogP contribution is -2.17. The van der Waals surface area contributed by atoms with Gasteiger partial charge in [-0.2, -0.15) is 0 Å². The van der Waals surface area contributed by atoms with E-state index < -0.39 is 0 Å². The quantitative estimate of drug-likeness (QED) is 0.574. The van der Waals surface area contributed by atoms with E-state index in [1.165, 1.54) is 32.1 Å². The molecule has 2 atom stereocenters. The zero-order valence-electron chi connectivity index (χ0n) is 9.19. The first-order valence-electron chi connectivity index (χ1n) is 5.77. The molecule has 2 unspecified atom stereocenters. The third-order valence-corrected chi connectivity index (χ3v) is 3.68. The number of alkyl halides is 1. The summed E-state index contributed by atoms with van der Waals surface area (Å²) >= 11 is 5.86. The predicted molar refractivity (Wildman–Crippen MR) is 60.9 cm³/mol. The summed E-state index contributed by atoms with van der Waals surface area (Å²) in [6.45, 7) is 2.33. The summed E-state index contributed by atoms with van der Waals surface area (Å²) in [6, 6.07) is 0.552. The minimum atomic E-state index is 0.462. The fourth-order valence-electron chi connectivity index (χ4n) is 2.53. The van der Waals surface area contributed by atoms with E-state index in [2.05, 4.69) is 21.7 Å². The highest BCUT2D eigenvalue weighted by Gasteiger charge is 2.23. The van der Waals surface area contributed by atoms with Crippen LogP contribution in [0.25, 0.3) is 0 Å². The van der Waals surface area contributed by atoms with E-state index in [0.29, 0.717) is 17.8 Å². The third kappa shape index (κ3) is 2.33. The fraction of sp³-hybridized carbons (Fsp3) is 0.818. The Labute approximate surface area is 95.8 Å². The van der Waals surface area contributed by atoms with Crippen molar-refractivity contribution >= 4 is 11.6 Å². The molecule has 3 nitrogen and oxygen atoms in total. The largest absolute Gasteiger partial charge is 0.313 e. The summed E-state index contributed by atoms with van der Waals surface area (Å²) in [5.74, 6) is 2.09. The van der Waals surface area contributed by atoms with E-state index in [1.807, 2.05) is 6.33 Å². The Morgan fingerprint density at radius 1 is 1.40 bits per heavy atom. The molecular weight excluding hydrogens is 210 g/mol. The standard InChI is InChI=1S/C11H18ClN3/c1-9-5-3-2-4-6-10(9)15-8-13-14-11(15)7-12/h8-10H,2-7H2,1H3. The first-order chi connectivity index (χ1) is 7.33. The molecule has 1 fully saturated rings. The average Bonchev–Trinajstić information content (AvgIpc) is 2.61. The van der Waals surface area contributed by atoms with Gasteiger partial charge in [-0.05, 0) is 18.8 Å². The molecule has 1 saturated carbocycles. The zero-order valence-corrected chi connectivity index (χ0v) is 9.95. The molecule has 0 aliphatic heterocycles. The van der Waals surface area contributed by atoms with Crippen LogP contribution in [-0.2, 0) is 5.88 Å². The first-order valence-corrected chi connectivity index (χ1v) is 6.30. The topological polar surface area (TPSA) is 30.7 Å². The smallest absolute Gasteiger partial charge is 0.148 e. The number of aromatic nitrogens is 3. The van der Waals surface area contributed by atoms with E-state index in [9.17, 15) is 0 Å². The van der Waals surface area contributed by atoms with Gasteiger partial charge in [-0.15, -0.1) is 21.8 Å². The Morgan fingerprint density at radius 2 is 2.20 bits per heavy atom. The number of hydrogen-bond donors (Lipinski definition) is 0. The first kappa shape index (κ1) is 10.9. The second-order valence-electron chi connectivity index (χ2n) is 4.47. The zero-order chi connectivity index (χ0) is 10.7. The maximum atomic E-state index is 5.86. The molecular formula is C11H18ClN3. The minimum Gasteiger partial charge on any atom is -0.313 e. The molecule has 15 heavy (non-hydrogen) atoms. The van der Waals surface area contributed by atoms with Crippen molar-refractivity contribution in [3.05, 3.63) is 12.2 Å². The van der Waals surface area contributed by atoms with Crippen LogP contribution in [0.4, 0.5) is 0 Å². The van der Waals surface area contributed by atoms with Gasteiger partial charge in [0.25, 0.3) is 0 Å². The number of hydrogen-bond acceptors (Lipinski definition) is 2. The van der Waals surface area contributed by atoms with E-state index in [0.717, 1.165) is 5.82 Å². The van der Waals surface area contributed by atoms with Crippen molar-refractivity contribution < 1.29 is 0 Å². The third-order valence-electron chi connectivity index (χ3n) is 3.44. The molecule has 0 saturated heterocycles. The van der Waals surface area contributed by atoms with Gasteiger partial charge in [0.1, 0.15) is 12.2 Å². The maximum Gasteiger partial charge on any atom is 0.148 e. The van der Waals surface area contributed by atoms with Gasteiger partial charge in [-0.1, -0.05) is 26.2 Å². The van der Waals surface area contributed by atoms with Crippen LogP contribution in [0, 0.1) is 5.92 Å². The molecule has 1 aromatic rings. The minimum absolute atomic E-state index is 0.462. The van der Waals surface area contributed by atoms with Gasteiger partial charge in [0.05, 0.1) is 5.88 Å². The molecule has 4 heteroatoms. The SMILES string of the molecule is CC1CCCCCC1n1cnnc1CCl. The molecule has 84 valence electrons. The van der Waals surface area contributed by atoms with Crippen LogP contribution >= 0.6 is 11.6 Å². The van der Waals surface area contributed by atoms with Crippen molar-refractivity contribution in [3.63, 3.8) is 0 Å². The lowest BCUT2D eigenvalue weighted by molar-refractivity contribution is 0.327. The molecule has 0 N–H and O–H groups in total. The normalized spacial score (nSPS) is 27.6. The second kappa shape index (κ2) is 4.97.